The minimum absolute atomic E-state index is 0.0681. The van der Waals surface area contributed by atoms with E-state index in [9.17, 15) is 0 Å². The van der Waals surface area contributed by atoms with E-state index in [0.29, 0.717) is 5.92 Å². The molecule has 0 radical (unpaired) electrons. The topological polar surface area (TPSA) is 29.3 Å². The Morgan fingerprint density at radius 3 is 2.65 bits per heavy atom. The van der Waals surface area contributed by atoms with Gasteiger partial charge < -0.3 is 5.73 Å². The number of nitrogens with zero attached hydrogens (tertiary/aromatic N) is 1. The number of hydrogen-bond acceptors (Lipinski definition) is 2. The van der Waals surface area contributed by atoms with Crippen LogP contribution in [0.15, 0.2) is 24.3 Å². The van der Waals surface area contributed by atoms with Crippen LogP contribution in [0.5, 0.6) is 0 Å². The molecule has 110 valence electrons. The van der Waals surface area contributed by atoms with E-state index in [0.717, 1.165) is 12.5 Å². The normalized spacial score (nSPS) is 30.1. The Balaban J connectivity index is 1.93. The average Bonchev–Trinajstić information content (AvgIpc) is 2.44. The van der Waals surface area contributed by atoms with E-state index in [2.05, 4.69) is 43.1 Å². The summed E-state index contributed by atoms with van der Waals surface area (Å²) in [5, 5.41) is 0. The lowest BCUT2D eigenvalue weighted by molar-refractivity contribution is 0.0652. The summed E-state index contributed by atoms with van der Waals surface area (Å²) in [5.74, 6) is 1.57. The zero-order valence-corrected chi connectivity index (χ0v) is 12.9. The van der Waals surface area contributed by atoms with Gasteiger partial charge in [0.2, 0.25) is 0 Å². The second-order valence-electron chi connectivity index (χ2n) is 6.94. The van der Waals surface area contributed by atoms with Crippen molar-refractivity contribution in [3.8, 4) is 0 Å². The third-order valence-corrected chi connectivity index (χ3v) is 5.81. The van der Waals surface area contributed by atoms with Crippen molar-refractivity contribution in [3.05, 3.63) is 35.4 Å². The summed E-state index contributed by atoms with van der Waals surface area (Å²) in [6.45, 7) is 4.30. The molecule has 0 heterocycles. The lowest BCUT2D eigenvalue weighted by Gasteiger charge is -2.48. The van der Waals surface area contributed by atoms with Gasteiger partial charge in [-0.1, -0.05) is 37.6 Å². The van der Waals surface area contributed by atoms with E-state index < -0.39 is 0 Å². The smallest absolute Gasteiger partial charge is 0.0584 e. The van der Waals surface area contributed by atoms with Crippen LogP contribution in [0.2, 0.25) is 0 Å². The summed E-state index contributed by atoms with van der Waals surface area (Å²) in [4.78, 5) is 2.57. The van der Waals surface area contributed by atoms with E-state index in [-0.39, 0.29) is 5.54 Å². The Bertz CT molecular complexity index is 466. The average molecular weight is 272 g/mol. The first-order valence-corrected chi connectivity index (χ1v) is 8.18. The van der Waals surface area contributed by atoms with Crippen molar-refractivity contribution in [1.29, 1.82) is 0 Å². The monoisotopic (exact) mass is 272 g/mol. The fourth-order valence-electron chi connectivity index (χ4n) is 4.10. The van der Waals surface area contributed by atoms with Crippen LogP contribution >= 0.6 is 0 Å². The predicted octanol–water partition coefficient (Wildman–Crippen LogP) is 3.47. The first-order valence-electron chi connectivity index (χ1n) is 8.18. The van der Waals surface area contributed by atoms with Crippen molar-refractivity contribution in [1.82, 2.24) is 4.90 Å². The third-order valence-electron chi connectivity index (χ3n) is 5.81. The number of hydrogen-bond donors (Lipinski definition) is 1. The highest BCUT2D eigenvalue weighted by Crippen LogP contribution is 2.44. The molecular formula is C18H28N2. The first-order chi connectivity index (χ1) is 9.67. The van der Waals surface area contributed by atoms with Crippen LogP contribution in [-0.2, 0) is 5.54 Å². The van der Waals surface area contributed by atoms with Gasteiger partial charge in [-0.2, -0.15) is 0 Å². The lowest BCUT2D eigenvalue weighted by Crippen LogP contribution is -2.53. The molecule has 0 amide bonds. The number of fused-ring (bicyclic) bond motifs is 1. The molecule has 1 aromatic rings. The SMILES string of the molecule is CC1CCC(CN)(N(C)CC2CCC2)c2ccccc21. The zero-order chi connectivity index (χ0) is 14.2. The summed E-state index contributed by atoms with van der Waals surface area (Å²) in [7, 11) is 2.29. The van der Waals surface area contributed by atoms with E-state index in [1.165, 1.54) is 49.8 Å². The van der Waals surface area contributed by atoms with Crippen LogP contribution in [0.25, 0.3) is 0 Å². The van der Waals surface area contributed by atoms with Crippen LogP contribution in [0.3, 0.4) is 0 Å². The molecular weight excluding hydrogens is 244 g/mol. The molecule has 2 atom stereocenters. The van der Waals surface area contributed by atoms with Crippen molar-refractivity contribution < 1.29 is 0 Å². The Morgan fingerprint density at radius 1 is 1.25 bits per heavy atom. The van der Waals surface area contributed by atoms with Gasteiger partial charge in [0.25, 0.3) is 0 Å². The number of benzene rings is 1. The maximum absolute atomic E-state index is 6.29. The molecule has 0 aromatic heterocycles. The Kier molecular flexibility index (Phi) is 3.87. The Hall–Kier alpha value is -0.860. The highest BCUT2D eigenvalue weighted by Gasteiger charge is 2.41. The molecule has 2 aliphatic carbocycles. The van der Waals surface area contributed by atoms with Crippen LogP contribution in [-0.4, -0.2) is 25.0 Å². The summed E-state index contributed by atoms with van der Waals surface area (Å²) < 4.78 is 0. The fraction of sp³-hybridized carbons (Fsp3) is 0.667. The molecule has 2 nitrogen and oxygen atoms in total. The minimum atomic E-state index is 0.0681. The second kappa shape index (κ2) is 5.50. The fourth-order valence-corrected chi connectivity index (χ4v) is 4.10. The molecule has 1 saturated carbocycles. The van der Waals surface area contributed by atoms with Crippen LogP contribution in [0.1, 0.15) is 56.1 Å². The molecule has 20 heavy (non-hydrogen) atoms. The number of rotatable bonds is 4. The van der Waals surface area contributed by atoms with E-state index in [1.54, 1.807) is 0 Å². The molecule has 0 spiro atoms. The summed E-state index contributed by atoms with van der Waals surface area (Å²) in [6.07, 6.45) is 6.68. The zero-order valence-electron chi connectivity index (χ0n) is 12.9. The molecule has 3 rings (SSSR count). The van der Waals surface area contributed by atoms with Gasteiger partial charge in [0, 0.05) is 13.1 Å². The van der Waals surface area contributed by atoms with Crippen molar-refractivity contribution in [2.45, 2.75) is 50.5 Å². The van der Waals surface area contributed by atoms with Crippen LogP contribution < -0.4 is 5.73 Å². The van der Waals surface area contributed by atoms with Gasteiger partial charge in [0.15, 0.2) is 0 Å². The maximum atomic E-state index is 6.29. The highest BCUT2D eigenvalue weighted by molar-refractivity contribution is 5.39. The molecule has 1 fully saturated rings. The van der Waals surface area contributed by atoms with Gasteiger partial charge in [0.1, 0.15) is 0 Å². The first kappa shape index (κ1) is 14.1. The largest absolute Gasteiger partial charge is 0.328 e. The molecule has 0 bridgehead atoms. The maximum Gasteiger partial charge on any atom is 0.0584 e. The van der Waals surface area contributed by atoms with Crippen LogP contribution in [0.4, 0.5) is 0 Å². The summed E-state index contributed by atoms with van der Waals surface area (Å²) in [5.41, 5.74) is 9.37. The third kappa shape index (κ3) is 2.19. The molecule has 2 aliphatic rings. The Morgan fingerprint density at radius 2 is 2.00 bits per heavy atom. The standard InChI is InChI=1S/C18H28N2/c1-14-10-11-18(13-19,17-9-4-3-8-16(14)17)20(2)12-15-6-5-7-15/h3-4,8-9,14-15H,5-7,10-13,19H2,1-2H3. The lowest BCUT2D eigenvalue weighted by atomic mass is 9.71. The highest BCUT2D eigenvalue weighted by atomic mass is 15.2. The van der Waals surface area contributed by atoms with Gasteiger partial charge >= 0.3 is 0 Å². The van der Waals surface area contributed by atoms with E-state index in [1.807, 2.05) is 0 Å². The van der Waals surface area contributed by atoms with Gasteiger partial charge in [0.05, 0.1) is 5.54 Å². The molecule has 2 N–H and O–H groups in total. The molecule has 2 heteroatoms. The van der Waals surface area contributed by atoms with Gasteiger partial charge in [-0.25, -0.2) is 0 Å². The van der Waals surface area contributed by atoms with Crippen molar-refractivity contribution >= 4 is 0 Å². The molecule has 0 aliphatic heterocycles. The van der Waals surface area contributed by atoms with Crippen LogP contribution in [0, 0.1) is 5.92 Å². The van der Waals surface area contributed by atoms with Crippen molar-refractivity contribution in [2.75, 3.05) is 20.1 Å². The molecule has 1 aromatic carbocycles. The quantitative estimate of drug-likeness (QED) is 0.909. The number of likely N-dealkylation sites (N-methyl/N-ethyl adjacent to an activating group) is 1. The van der Waals surface area contributed by atoms with E-state index >= 15 is 0 Å². The van der Waals surface area contributed by atoms with Gasteiger partial charge in [-0.05, 0) is 55.7 Å². The second-order valence-corrected chi connectivity index (χ2v) is 6.94. The van der Waals surface area contributed by atoms with E-state index in [4.69, 9.17) is 5.73 Å². The van der Waals surface area contributed by atoms with Crippen molar-refractivity contribution in [2.24, 2.45) is 11.7 Å². The number of nitrogens with two attached hydrogens (primary N) is 1. The van der Waals surface area contributed by atoms with Gasteiger partial charge in [-0.3, -0.25) is 4.90 Å². The summed E-state index contributed by atoms with van der Waals surface area (Å²) >= 11 is 0. The van der Waals surface area contributed by atoms with Gasteiger partial charge in [-0.15, -0.1) is 0 Å². The predicted molar refractivity (Wildman–Crippen MR) is 84.8 cm³/mol. The molecule has 2 unspecified atom stereocenters. The van der Waals surface area contributed by atoms with Crippen molar-refractivity contribution in [3.63, 3.8) is 0 Å². The summed E-state index contributed by atoms with van der Waals surface area (Å²) in [6, 6.07) is 8.97. The Labute approximate surface area is 123 Å². The minimum Gasteiger partial charge on any atom is -0.328 e. The molecule has 0 saturated heterocycles.